The lowest BCUT2D eigenvalue weighted by Gasteiger charge is -2.30. The van der Waals surface area contributed by atoms with Crippen LogP contribution in [0.5, 0.6) is 0 Å². The molecule has 0 saturated heterocycles. The van der Waals surface area contributed by atoms with Gasteiger partial charge in [-0.05, 0) is 54.2 Å². The zero-order valence-corrected chi connectivity index (χ0v) is 26.2. The standard InChI is InChI=1S/C35H47N7O3/c1-42(24-31(26-12-4-2-5-13-26)41-33(44)27-14-6-3-7-15-27)34(45)30(17-10-20-40-35(36)37)38-21-22-39-32(43)29-19-18-25-11-8-9-16-28(25)23-29/h2,4-5,8-9,11-13,16,18-19,23,27,30-31,38H,3,6-7,10,14-15,17,20-22,24H2,1H3,(H,39,43)(H,41,44)(H4,36,37,40)/t30-,31+/m0/s1. The zero-order valence-electron chi connectivity index (χ0n) is 26.2. The molecule has 0 spiro atoms. The van der Waals surface area contributed by atoms with Gasteiger partial charge in [0.05, 0.1) is 12.1 Å². The van der Waals surface area contributed by atoms with E-state index in [0.717, 1.165) is 42.0 Å². The van der Waals surface area contributed by atoms with Gasteiger partial charge in [0.25, 0.3) is 5.91 Å². The summed E-state index contributed by atoms with van der Waals surface area (Å²) >= 11 is 0. The van der Waals surface area contributed by atoms with E-state index in [9.17, 15) is 14.4 Å². The van der Waals surface area contributed by atoms with Crippen LogP contribution in [-0.4, -0.2) is 67.8 Å². The maximum atomic E-state index is 13.8. The van der Waals surface area contributed by atoms with Crippen LogP contribution in [0.1, 0.15) is 66.9 Å². The molecule has 0 heterocycles. The second-order valence-electron chi connectivity index (χ2n) is 11.8. The number of carbonyl (C=O) groups is 3. The zero-order chi connectivity index (χ0) is 32.0. The minimum absolute atomic E-state index is 0.0129. The van der Waals surface area contributed by atoms with Gasteiger partial charge in [-0.2, -0.15) is 0 Å². The van der Waals surface area contributed by atoms with Gasteiger partial charge in [0.15, 0.2) is 5.96 Å². The number of carbonyl (C=O) groups excluding carboxylic acids is 3. The van der Waals surface area contributed by atoms with Crippen LogP contribution < -0.4 is 27.0 Å². The van der Waals surface area contributed by atoms with E-state index in [1.165, 1.54) is 6.42 Å². The van der Waals surface area contributed by atoms with E-state index in [-0.39, 0.29) is 35.6 Å². The van der Waals surface area contributed by atoms with Crippen LogP contribution in [0.4, 0.5) is 0 Å². The molecule has 1 saturated carbocycles. The van der Waals surface area contributed by atoms with Crippen molar-refractivity contribution in [2.75, 3.05) is 33.2 Å². The lowest BCUT2D eigenvalue weighted by Crippen LogP contribution is -2.49. The number of hydrogen-bond acceptors (Lipinski definition) is 5. The molecule has 4 rings (SSSR count). The van der Waals surface area contributed by atoms with Gasteiger partial charge in [0.1, 0.15) is 0 Å². The lowest BCUT2D eigenvalue weighted by molar-refractivity contribution is -0.134. The molecule has 7 N–H and O–H groups in total. The quantitative estimate of drug-likeness (QED) is 0.0874. The highest BCUT2D eigenvalue weighted by Gasteiger charge is 2.28. The number of rotatable bonds is 15. The minimum atomic E-state index is -0.521. The van der Waals surface area contributed by atoms with E-state index >= 15 is 0 Å². The number of nitrogens with zero attached hydrogens (tertiary/aromatic N) is 1. The first-order valence-electron chi connectivity index (χ1n) is 16.0. The van der Waals surface area contributed by atoms with Gasteiger partial charge in [-0.25, -0.2) is 0 Å². The Labute approximate surface area is 266 Å². The Balaban J connectivity index is 1.36. The van der Waals surface area contributed by atoms with Gasteiger partial charge in [0, 0.05) is 44.7 Å². The summed E-state index contributed by atoms with van der Waals surface area (Å²) in [5.74, 6) is -0.326. The number of amides is 3. The van der Waals surface area contributed by atoms with Crippen LogP contribution in [0.25, 0.3) is 10.8 Å². The topological polar surface area (TPSA) is 152 Å². The summed E-state index contributed by atoms with van der Waals surface area (Å²) in [4.78, 5) is 41.5. The summed E-state index contributed by atoms with van der Waals surface area (Å²) in [7, 11) is 1.76. The number of likely N-dealkylation sites (N-methyl/N-ethyl adjacent to an activating group) is 1. The summed E-state index contributed by atoms with van der Waals surface area (Å²) in [6.45, 7) is 1.52. The molecule has 3 amide bonds. The largest absolute Gasteiger partial charge is 0.370 e. The van der Waals surface area contributed by atoms with Gasteiger partial charge in [-0.3, -0.25) is 19.8 Å². The highest BCUT2D eigenvalue weighted by atomic mass is 16.2. The van der Waals surface area contributed by atoms with E-state index in [4.69, 9.17) is 11.1 Å². The summed E-state index contributed by atoms with van der Waals surface area (Å²) in [6, 6.07) is 22.4. The van der Waals surface area contributed by atoms with Crippen molar-refractivity contribution >= 4 is 34.5 Å². The third kappa shape index (κ3) is 10.3. The van der Waals surface area contributed by atoms with Crippen LogP contribution in [0.3, 0.4) is 0 Å². The van der Waals surface area contributed by atoms with Crippen molar-refractivity contribution in [3.05, 3.63) is 83.9 Å². The second kappa shape index (κ2) is 17.2. The van der Waals surface area contributed by atoms with Crippen molar-refractivity contribution in [3.8, 4) is 0 Å². The Morgan fingerprint density at radius 2 is 1.60 bits per heavy atom. The normalized spacial score (nSPS) is 14.7. The highest BCUT2D eigenvalue weighted by molar-refractivity contribution is 5.98. The minimum Gasteiger partial charge on any atom is -0.370 e. The molecule has 0 bridgehead atoms. The fraction of sp³-hybridized carbons (Fsp3) is 0.429. The molecule has 3 aromatic carbocycles. The number of guanidine groups is 1. The SMILES string of the molecule is CN(C[C@@H](NC(=O)C1CCCCC1)c1ccccc1)C(=O)[C@H](CCCNC(=N)N)NCCNC(=O)c1ccc2ccccc2c1. The van der Waals surface area contributed by atoms with E-state index in [1.54, 1.807) is 11.9 Å². The van der Waals surface area contributed by atoms with Crippen LogP contribution in [0, 0.1) is 11.3 Å². The molecule has 1 aliphatic carbocycles. The molecule has 240 valence electrons. The van der Waals surface area contributed by atoms with Crippen molar-refractivity contribution < 1.29 is 14.4 Å². The van der Waals surface area contributed by atoms with Crippen molar-refractivity contribution in [3.63, 3.8) is 0 Å². The number of hydrogen-bond donors (Lipinski definition) is 6. The van der Waals surface area contributed by atoms with Crippen LogP contribution >= 0.6 is 0 Å². The molecule has 10 heteroatoms. The first-order valence-corrected chi connectivity index (χ1v) is 16.0. The molecule has 45 heavy (non-hydrogen) atoms. The van der Waals surface area contributed by atoms with Gasteiger partial charge in [-0.15, -0.1) is 0 Å². The van der Waals surface area contributed by atoms with Crippen molar-refractivity contribution in [1.29, 1.82) is 5.41 Å². The predicted octanol–water partition coefficient (Wildman–Crippen LogP) is 3.69. The molecule has 1 fully saturated rings. The molecular formula is C35H47N7O3. The highest BCUT2D eigenvalue weighted by Crippen LogP contribution is 2.25. The van der Waals surface area contributed by atoms with E-state index < -0.39 is 6.04 Å². The van der Waals surface area contributed by atoms with E-state index in [1.807, 2.05) is 72.8 Å². The van der Waals surface area contributed by atoms with E-state index in [2.05, 4.69) is 21.3 Å². The number of nitrogens with two attached hydrogens (primary N) is 1. The molecule has 1 aliphatic rings. The van der Waals surface area contributed by atoms with Crippen LogP contribution in [-0.2, 0) is 9.59 Å². The number of fused-ring (bicyclic) bond motifs is 1. The average molecular weight is 614 g/mol. The Morgan fingerprint density at radius 1 is 0.889 bits per heavy atom. The van der Waals surface area contributed by atoms with Gasteiger partial charge >= 0.3 is 0 Å². The molecule has 0 aliphatic heterocycles. The third-order valence-corrected chi connectivity index (χ3v) is 8.42. The number of nitrogens with one attached hydrogen (secondary N) is 5. The monoisotopic (exact) mass is 613 g/mol. The third-order valence-electron chi connectivity index (χ3n) is 8.42. The summed E-state index contributed by atoms with van der Waals surface area (Å²) in [6.07, 6.45) is 6.24. The molecule has 2 atom stereocenters. The summed E-state index contributed by atoms with van der Waals surface area (Å²) < 4.78 is 0. The molecule has 10 nitrogen and oxygen atoms in total. The Hall–Kier alpha value is -4.44. The molecule has 0 radical (unpaired) electrons. The second-order valence-corrected chi connectivity index (χ2v) is 11.8. The summed E-state index contributed by atoms with van der Waals surface area (Å²) in [5.41, 5.74) is 6.97. The molecule has 3 aromatic rings. The first kappa shape index (κ1) is 33.5. The fourth-order valence-corrected chi connectivity index (χ4v) is 5.90. The maximum Gasteiger partial charge on any atom is 0.251 e. The van der Waals surface area contributed by atoms with Crippen molar-refractivity contribution in [2.45, 2.75) is 57.0 Å². The lowest BCUT2D eigenvalue weighted by atomic mass is 9.88. The molecule has 0 unspecified atom stereocenters. The fourth-order valence-electron chi connectivity index (χ4n) is 5.90. The Kier molecular flexibility index (Phi) is 12.8. The average Bonchev–Trinajstić information content (AvgIpc) is 3.07. The van der Waals surface area contributed by atoms with Gasteiger partial charge in [0.2, 0.25) is 11.8 Å². The van der Waals surface area contributed by atoms with E-state index in [0.29, 0.717) is 44.6 Å². The smallest absolute Gasteiger partial charge is 0.251 e. The van der Waals surface area contributed by atoms with Crippen LogP contribution in [0.2, 0.25) is 0 Å². The predicted molar refractivity (Wildman–Crippen MR) is 179 cm³/mol. The number of benzene rings is 3. The van der Waals surface area contributed by atoms with Gasteiger partial charge in [-0.1, -0.05) is 79.9 Å². The summed E-state index contributed by atoms with van der Waals surface area (Å²) in [5, 5.41) is 21.8. The Morgan fingerprint density at radius 3 is 2.33 bits per heavy atom. The van der Waals surface area contributed by atoms with Crippen LogP contribution in [0.15, 0.2) is 72.8 Å². The van der Waals surface area contributed by atoms with Crippen molar-refractivity contribution in [2.24, 2.45) is 11.7 Å². The van der Waals surface area contributed by atoms with Gasteiger partial charge < -0.3 is 31.9 Å². The first-order chi connectivity index (χ1) is 21.8. The maximum absolute atomic E-state index is 13.8. The molecule has 0 aromatic heterocycles. The molecular weight excluding hydrogens is 566 g/mol. The van der Waals surface area contributed by atoms with Crippen molar-refractivity contribution in [1.82, 2.24) is 26.2 Å². The Bertz CT molecular complexity index is 1430.